The highest BCUT2D eigenvalue weighted by molar-refractivity contribution is 7.99. The Morgan fingerprint density at radius 1 is 0.932 bits per heavy atom. The van der Waals surface area contributed by atoms with Gasteiger partial charge in [0.2, 0.25) is 11.8 Å². The fourth-order valence-corrected chi connectivity index (χ4v) is 9.49. The highest BCUT2D eigenvalue weighted by Gasteiger charge is 2.43. The molecule has 1 aliphatic carbocycles. The predicted molar refractivity (Wildman–Crippen MR) is 180 cm³/mol. The number of thiophene rings is 1. The van der Waals surface area contributed by atoms with Gasteiger partial charge in [-0.05, 0) is 91.5 Å². The molecule has 0 spiro atoms. The number of rotatable bonds is 10. The van der Waals surface area contributed by atoms with Gasteiger partial charge in [-0.25, -0.2) is 0 Å². The molecule has 7 nitrogen and oxygen atoms in total. The van der Waals surface area contributed by atoms with Gasteiger partial charge in [-0.1, -0.05) is 61.4 Å². The van der Waals surface area contributed by atoms with E-state index in [1.54, 1.807) is 0 Å². The van der Waals surface area contributed by atoms with E-state index in [9.17, 15) is 14.4 Å². The van der Waals surface area contributed by atoms with Crippen LogP contribution in [0.4, 0.5) is 0 Å². The Bertz CT molecular complexity index is 1400. The Kier molecular flexibility index (Phi) is 10.2. The number of hydrogen-bond acceptors (Lipinski definition) is 6. The average molecular weight is 633 g/mol. The van der Waals surface area contributed by atoms with Crippen molar-refractivity contribution in [2.45, 2.75) is 75.4 Å². The van der Waals surface area contributed by atoms with Crippen LogP contribution in [0, 0.1) is 11.8 Å². The predicted octanol–water partition coefficient (Wildman–Crippen LogP) is 5.82. The standard InChI is InChI=1S/C35H44N4O3S2/c40-31(38-32(25-14-20-43-21-15-25)27-12-18-36-28(22-27)24-8-2-1-3-9-24)13-19-37-34(42)35(16-6-7-17-35)39-33(41)30-23-26-10-4-5-11-29(26)44-30/h1-5,8-11,23,25,27-28,32,36H,6-7,12-22H2,(H,37,42)(H,38,40)(H,39,41)/t27?,28?,32-/m0/s1. The van der Waals surface area contributed by atoms with Crippen molar-refractivity contribution in [2.24, 2.45) is 11.8 Å². The number of fused-ring (bicyclic) bond motifs is 1. The number of benzene rings is 2. The first-order chi connectivity index (χ1) is 21.5. The molecule has 0 bridgehead atoms. The maximum absolute atomic E-state index is 13.5. The quantitative estimate of drug-likeness (QED) is 0.226. The van der Waals surface area contributed by atoms with Crippen LogP contribution in [0.1, 0.15) is 79.1 Å². The van der Waals surface area contributed by atoms with Crippen LogP contribution in [0.15, 0.2) is 60.7 Å². The van der Waals surface area contributed by atoms with Crippen molar-refractivity contribution >= 4 is 50.9 Å². The molecule has 3 heterocycles. The molecule has 6 rings (SSSR count). The molecule has 2 unspecified atom stereocenters. The van der Waals surface area contributed by atoms with E-state index >= 15 is 0 Å². The molecular formula is C35H44N4O3S2. The summed E-state index contributed by atoms with van der Waals surface area (Å²) >= 11 is 3.46. The van der Waals surface area contributed by atoms with Gasteiger partial charge in [0.05, 0.1) is 4.88 Å². The van der Waals surface area contributed by atoms with E-state index in [0.717, 1.165) is 66.7 Å². The Labute approximate surface area is 268 Å². The number of amides is 3. The second-order valence-corrected chi connectivity index (χ2v) is 15.0. The maximum atomic E-state index is 13.5. The lowest BCUT2D eigenvalue weighted by atomic mass is 9.77. The Morgan fingerprint density at radius 3 is 2.45 bits per heavy atom. The molecule has 234 valence electrons. The van der Waals surface area contributed by atoms with Gasteiger partial charge in [0, 0.05) is 29.7 Å². The lowest BCUT2D eigenvalue weighted by molar-refractivity contribution is -0.127. The first-order valence-electron chi connectivity index (χ1n) is 16.3. The highest BCUT2D eigenvalue weighted by Crippen LogP contribution is 2.36. The third kappa shape index (κ3) is 7.32. The van der Waals surface area contributed by atoms with Gasteiger partial charge in [-0.3, -0.25) is 14.4 Å². The van der Waals surface area contributed by atoms with Gasteiger partial charge < -0.3 is 21.3 Å². The summed E-state index contributed by atoms with van der Waals surface area (Å²) in [5, 5.41) is 14.3. The Morgan fingerprint density at radius 2 is 1.68 bits per heavy atom. The second-order valence-electron chi connectivity index (χ2n) is 12.6. The summed E-state index contributed by atoms with van der Waals surface area (Å²) in [6, 6.07) is 20.9. The van der Waals surface area contributed by atoms with Crippen LogP contribution >= 0.6 is 23.1 Å². The number of thioether (sulfide) groups is 1. The topological polar surface area (TPSA) is 99.3 Å². The number of carbonyl (C=O) groups excluding carboxylic acids is 3. The van der Waals surface area contributed by atoms with E-state index in [2.05, 4.69) is 51.6 Å². The van der Waals surface area contributed by atoms with Crippen molar-refractivity contribution in [2.75, 3.05) is 24.6 Å². The molecular weight excluding hydrogens is 589 g/mol. The zero-order valence-corrected chi connectivity index (χ0v) is 26.9. The first-order valence-corrected chi connectivity index (χ1v) is 18.2. The van der Waals surface area contributed by atoms with Crippen molar-refractivity contribution in [1.82, 2.24) is 21.3 Å². The van der Waals surface area contributed by atoms with Crippen molar-refractivity contribution in [3.63, 3.8) is 0 Å². The van der Waals surface area contributed by atoms with E-state index in [-0.39, 0.29) is 36.7 Å². The van der Waals surface area contributed by atoms with Crippen LogP contribution in [0.3, 0.4) is 0 Å². The summed E-state index contributed by atoms with van der Waals surface area (Å²) in [5.74, 6) is 2.81. The normalized spacial score (nSPS) is 22.7. The number of carbonyl (C=O) groups is 3. The third-order valence-electron chi connectivity index (χ3n) is 9.79. The minimum Gasteiger partial charge on any atom is -0.354 e. The summed E-state index contributed by atoms with van der Waals surface area (Å²) in [6.07, 6.45) is 7.57. The van der Waals surface area contributed by atoms with Crippen molar-refractivity contribution in [3.05, 3.63) is 71.1 Å². The molecule has 4 N–H and O–H groups in total. The van der Waals surface area contributed by atoms with E-state index in [4.69, 9.17) is 0 Å². The zero-order chi connectivity index (χ0) is 30.4. The Hall–Kier alpha value is -2.88. The molecule has 3 amide bonds. The SMILES string of the molecule is O=C(CCNC(=O)C1(NC(=O)c2cc3ccccc3s2)CCCC1)N[C@@H](C1CCSCC1)C1CCNC(c2ccccc2)C1. The number of nitrogens with one attached hydrogen (secondary N) is 4. The molecule has 3 aromatic rings. The van der Waals surface area contributed by atoms with Gasteiger partial charge in [0.15, 0.2) is 0 Å². The van der Waals surface area contributed by atoms with Crippen LogP contribution in [0.2, 0.25) is 0 Å². The van der Waals surface area contributed by atoms with Gasteiger partial charge in [0.25, 0.3) is 5.91 Å². The highest BCUT2D eigenvalue weighted by atomic mass is 32.2. The van der Waals surface area contributed by atoms with E-state index < -0.39 is 5.54 Å². The fraction of sp³-hybridized carbons (Fsp3) is 0.514. The molecule has 3 atom stereocenters. The number of piperidine rings is 1. The van der Waals surface area contributed by atoms with E-state index in [1.165, 1.54) is 16.9 Å². The van der Waals surface area contributed by atoms with Gasteiger partial charge in [-0.2, -0.15) is 11.8 Å². The van der Waals surface area contributed by atoms with Crippen molar-refractivity contribution < 1.29 is 14.4 Å². The smallest absolute Gasteiger partial charge is 0.262 e. The van der Waals surface area contributed by atoms with Crippen molar-refractivity contribution in [3.8, 4) is 0 Å². The van der Waals surface area contributed by atoms with Crippen LogP contribution in [0.25, 0.3) is 10.1 Å². The van der Waals surface area contributed by atoms with Crippen LogP contribution < -0.4 is 21.3 Å². The van der Waals surface area contributed by atoms with Gasteiger partial charge in [0.1, 0.15) is 5.54 Å². The van der Waals surface area contributed by atoms with Gasteiger partial charge >= 0.3 is 0 Å². The summed E-state index contributed by atoms with van der Waals surface area (Å²) in [5.41, 5.74) is 0.387. The first kappa shape index (κ1) is 31.1. The lowest BCUT2D eigenvalue weighted by Gasteiger charge is -2.41. The molecule has 2 aromatic carbocycles. The fourth-order valence-electron chi connectivity index (χ4n) is 7.38. The summed E-state index contributed by atoms with van der Waals surface area (Å²) in [4.78, 5) is 40.7. The minimum atomic E-state index is -0.923. The monoisotopic (exact) mass is 632 g/mol. The minimum absolute atomic E-state index is 0.00176. The molecule has 1 aromatic heterocycles. The van der Waals surface area contributed by atoms with Crippen LogP contribution in [-0.4, -0.2) is 53.9 Å². The lowest BCUT2D eigenvalue weighted by Crippen LogP contribution is -2.57. The molecule has 44 heavy (non-hydrogen) atoms. The molecule has 2 saturated heterocycles. The average Bonchev–Trinajstić information content (AvgIpc) is 3.73. The van der Waals surface area contributed by atoms with Crippen molar-refractivity contribution in [1.29, 1.82) is 0 Å². The third-order valence-corrected chi connectivity index (χ3v) is 12.0. The summed E-state index contributed by atoms with van der Waals surface area (Å²) < 4.78 is 1.05. The largest absolute Gasteiger partial charge is 0.354 e. The molecule has 2 aliphatic heterocycles. The Balaban J connectivity index is 1.05. The van der Waals surface area contributed by atoms with E-state index in [0.29, 0.717) is 35.6 Å². The summed E-state index contributed by atoms with van der Waals surface area (Å²) in [6.45, 7) is 1.21. The van der Waals surface area contributed by atoms with Gasteiger partial charge in [-0.15, -0.1) is 11.3 Å². The van der Waals surface area contributed by atoms with E-state index in [1.807, 2.05) is 42.1 Å². The maximum Gasteiger partial charge on any atom is 0.262 e. The molecule has 1 saturated carbocycles. The summed E-state index contributed by atoms with van der Waals surface area (Å²) in [7, 11) is 0. The zero-order valence-electron chi connectivity index (χ0n) is 25.3. The molecule has 3 fully saturated rings. The van der Waals surface area contributed by atoms with Crippen LogP contribution in [0.5, 0.6) is 0 Å². The molecule has 0 radical (unpaired) electrons. The molecule has 3 aliphatic rings. The number of hydrogen-bond donors (Lipinski definition) is 4. The van der Waals surface area contributed by atoms with Crippen LogP contribution in [-0.2, 0) is 9.59 Å². The second kappa shape index (κ2) is 14.5. The molecule has 9 heteroatoms.